The fourth-order valence-electron chi connectivity index (χ4n) is 1.94. The van der Waals surface area contributed by atoms with Crippen molar-refractivity contribution >= 4 is 39.0 Å². The van der Waals surface area contributed by atoms with Crippen LogP contribution in [0.25, 0.3) is 0 Å². The predicted octanol–water partition coefficient (Wildman–Crippen LogP) is 4.15. The minimum absolute atomic E-state index is 0.297. The minimum Gasteiger partial charge on any atom is -0.307 e. The number of aromatic nitrogens is 2. The highest BCUT2D eigenvalue weighted by Crippen LogP contribution is 2.21. The number of thiophene rings is 1. The lowest BCUT2D eigenvalue weighted by Gasteiger charge is -2.08. The quantitative estimate of drug-likeness (QED) is 0.739. The van der Waals surface area contributed by atoms with Crippen molar-refractivity contribution < 1.29 is 9.18 Å². The predicted molar refractivity (Wildman–Crippen MR) is 87.7 cm³/mol. The smallest absolute Gasteiger partial charge is 0.256 e. The van der Waals surface area contributed by atoms with E-state index < -0.39 is 0 Å². The van der Waals surface area contributed by atoms with Gasteiger partial charge in [-0.2, -0.15) is 5.10 Å². The molecule has 1 amide bonds. The van der Waals surface area contributed by atoms with Crippen molar-refractivity contribution in [3.05, 3.63) is 68.7 Å². The average molecular weight is 380 g/mol. The van der Waals surface area contributed by atoms with E-state index in [0.29, 0.717) is 17.9 Å². The van der Waals surface area contributed by atoms with Gasteiger partial charge in [0, 0.05) is 26.4 Å². The summed E-state index contributed by atoms with van der Waals surface area (Å²) < 4.78 is 15.6. The minimum atomic E-state index is -0.370. The average Bonchev–Trinajstić information content (AvgIpc) is 3.10. The van der Waals surface area contributed by atoms with Gasteiger partial charge in [-0.3, -0.25) is 4.79 Å². The van der Waals surface area contributed by atoms with Crippen LogP contribution in [0.15, 0.2) is 52.4 Å². The Labute approximate surface area is 138 Å². The fourth-order valence-corrected chi connectivity index (χ4v) is 3.37. The number of halogens is 2. The number of rotatable bonds is 4. The first kappa shape index (κ1) is 14.9. The van der Waals surface area contributed by atoms with Gasteiger partial charge in [0.15, 0.2) is 0 Å². The van der Waals surface area contributed by atoms with Gasteiger partial charge in [-0.05, 0) is 46.3 Å². The van der Waals surface area contributed by atoms with Crippen LogP contribution < -0.4 is 5.32 Å². The van der Waals surface area contributed by atoms with E-state index in [-0.39, 0.29) is 11.7 Å². The lowest BCUT2D eigenvalue weighted by molar-refractivity contribution is 0.102. The van der Waals surface area contributed by atoms with Gasteiger partial charge in [0.25, 0.3) is 5.91 Å². The molecule has 0 unspecified atom stereocenters. The molecule has 22 heavy (non-hydrogen) atoms. The van der Waals surface area contributed by atoms with Crippen molar-refractivity contribution in [3.8, 4) is 0 Å². The molecule has 1 aromatic carbocycles. The van der Waals surface area contributed by atoms with Gasteiger partial charge >= 0.3 is 0 Å². The van der Waals surface area contributed by atoms with Crippen LogP contribution in [0.4, 0.5) is 10.2 Å². The molecule has 0 aliphatic rings. The van der Waals surface area contributed by atoms with Gasteiger partial charge in [-0.15, -0.1) is 11.3 Å². The molecule has 0 aliphatic heterocycles. The molecule has 1 N–H and O–H groups in total. The summed E-state index contributed by atoms with van der Waals surface area (Å²) in [6.07, 6.45) is 1.63. The van der Waals surface area contributed by atoms with Crippen molar-refractivity contribution in [2.24, 2.45) is 0 Å². The standard InChI is InChI=1S/C15H11BrFN3OS/c16-11-7-13(22-9-11)8-20-14(5-6-18-20)19-15(21)10-1-3-12(17)4-2-10/h1-7,9H,8H2,(H,19,21). The number of nitrogens with zero attached hydrogens (tertiary/aromatic N) is 2. The zero-order chi connectivity index (χ0) is 15.5. The maximum atomic E-state index is 12.9. The Morgan fingerprint density at radius 3 is 2.77 bits per heavy atom. The van der Waals surface area contributed by atoms with E-state index in [9.17, 15) is 9.18 Å². The van der Waals surface area contributed by atoms with Gasteiger partial charge < -0.3 is 5.32 Å². The molecule has 3 aromatic rings. The van der Waals surface area contributed by atoms with Crippen molar-refractivity contribution in [2.45, 2.75) is 6.54 Å². The number of anilines is 1. The first-order valence-electron chi connectivity index (χ1n) is 6.43. The Morgan fingerprint density at radius 1 is 1.32 bits per heavy atom. The van der Waals surface area contributed by atoms with E-state index >= 15 is 0 Å². The summed E-state index contributed by atoms with van der Waals surface area (Å²) in [5.41, 5.74) is 0.396. The first-order valence-corrected chi connectivity index (χ1v) is 8.11. The molecule has 2 heterocycles. The second-order valence-electron chi connectivity index (χ2n) is 4.57. The van der Waals surface area contributed by atoms with Crippen LogP contribution in [0.5, 0.6) is 0 Å². The summed E-state index contributed by atoms with van der Waals surface area (Å²) in [6.45, 7) is 0.572. The highest BCUT2D eigenvalue weighted by atomic mass is 79.9. The van der Waals surface area contributed by atoms with E-state index in [1.807, 2.05) is 11.4 Å². The SMILES string of the molecule is O=C(Nc1ccnn1Cc1cc(Br)cs1)c1ccc(F)cc1. The lowest BCUT2D eigenvalue weighted by Crippen LogP contribution is -2.16. The monoisotopic (exact) mass is 379 g/mol. The Bertz CT molecular complexity index is 797. The summed E-state index contributed by atoms with van der Waals surface area (Å²) >= 11 is 5.02. The van der Waals surface area contributed by atoms with E-state index in [4.69, 9.17) is 0 Å². The van der Waals surface area contributed by atoms with Crippen LogP contribution in [0, 0.1) is 5.82 Å². The Balaban J connectivity index is 1.74. The number of nitrogens with one attached hydrogen (secondary N) is 1. The summed E-state index contributed by atoms with van der Waals surface area (Å²) in [6, 6.07) is 9.15. The zero-order valence-electron chi connectivity index (χ0n) is 11.3. The van der Waals surface area contributed by atoms with Gasteiger partial charge in [-0.25, -0.2) is 9.07 Å². The lowest BCUT2D eigenvalue weighted by atomic mass is 10.2. The van der Waals surface area contributed by atoms with Crippen LogP contribution in [0.3, 0.4) is 0 Å². The largest absolute Gasteiger partial charge is 0.307 e. The van der Waals surface area contributed by atoms with E-state index in [0.717, 1.165) is 9.35 Å². The Hall–Kier alpha value is -1.99. The zero-order valence-corrected chi connectivity index (χ0v) is 13.7. The van der Waals surface area contributed by atoms with E-state index in [1.165, 1.54) is 24.3 Å². The van der Waals surface area contributed by atoms with Gasteiger partial charge in [0.1, 0.15) is 11.6 Å². The highest BCUT2D eigenvalue weighted by molar-refractivity contribution is 9.10. The molecule has 4 nitrogen and oxygen atoms in total. The molecule has 0 radical (unpaired) electrons. The summed E-state index contributed by atoms with van der Waals surface area (Å²) in [7, 11) is 0. The van der Waals surface area contributed by atoms with Gasteiger partial charge in [0.05, 0.1) is 12.7 Å². The Morgan fingerprint density at radius 2 is 2.09 bits per heavy atom. The van der Waals surface area contributed by atoms with Crippen LogP contribution in [0.1, 0.15) is 15.2 Å². The van der Waals surface area contributed by atoms with Crippen molar-refractivity contribution in [2.75, 3.05) is 5.32 Å². The second-order valence-corrected chi connectivity index (χ2v) is 6.48. The molecule has 0 saturated heterocycles. The molecular formula is C15H11BrFN3OS. The molecule has 7 heteroatoms. The fraction of sp³-hybridized carbons (Fsp3) is 0.0667. The summed E-state index contributed by atoms with van der Waals surface area (Å²) in [5, 5.41) is 9.00. The topological polar surface area (TPSA) is 46.9 Å². The third-order valence-electron chi connectivity index (χ3n) is 2.99. The molecule has 0 aliphatic carbocycles. The summed E-state index contributed by atoms with van der Waals surface area (Å²) in [4.78, 5) is 13.3. The Kier molecular flexibility index (Phi) is 4.35. The number of carbonyl (C=O) groups is 1. The molecule has 0 fully saturated rings. The van der Waals surface area contributed by atoms with Crippen LogP contribution in [-0.2, 0) is 6.54 Å². The van der Waals surface area contributed by atoms with Crippen molar-refractivity contribution in [1.82, 2.24) is 9.78 Å². The number of hydrogen-bond acceptors (Lipinski definition) is 3. The molecule has 112 valence electrons. The highest BCUT2D eigenvalue weighted by Gasteiger charge is 2.10. The molecule has 2 aromatic heterocycles. The number of hydrogen-bond donors (Lipinski definition) is 1. The molecule has 0 atom stereocenters. The second kappa shape index (κ2) is 6.41. The van der Waals surface area contributed by atoms with Crippen LogP contribution in [0.2, 0.25) is 0 Å². The number of amides is 1. The van der Waals surface area contributed by atoms with Crippen LogP contribution >= 0.6 is 27.3 Å². The van der Waals surface area contributed by atoms with Crippen molar-refractivity contribution in [3.63, 3.8) is 0 Å². The molecule has 0 spiro atoms. The number of benzene rings is 1. The van der Waals surface area contributed by atoms with Gasteiger partial charge in [-0.1, -0.05) is 0 Å². The molecule has 3 rings (SSSR count). The van der Waals surface area contributed by atoms with Crippen LogP contribution in [-0.4, -0.2) is 15.7 Å². The third kappa shape index (κ3) is 3.42. The maximum Gasteiger partial charge on any atom is 0.256 e. The summed E-state index contributed by atoms with van der Waals surface area (Å²) in [5.74, 6) is -0.0715. The molecular weight excluding hydrogens is 369 g/mol. The van der Waals surface area contributed by atoms with E-state index in [1.54, 1.807) is 28.3 Å². The first-order chi connectivity index (χ1) is 10.6. The third-order valence-corrected chi connectivity index (χ3v) is 4.67. The van der Waals surface area contributed by atoms with Gasteiger partial charge in [0.2, 0.25) is 0 Å². The van der Waals surface area contributed by atoms with Crippen molar-refractivity contribution in [1.29, 1.82) is 0 Å². The maximum absolute atomic E-state index is 12.9. The molecule has 0 saturated carbocycles. The normalized spacial score (nSPS) is 10.6. The van der Waals surface area contributed by atoms with E-state index in [2.05, 4.69) is 26.3 Å². The molecule has 0 bridgehead atoms. The number of carbonyl (C=O) groups excluding carboxylic acids is 1.